The van der Waals surface area contributed by atoms with Crippen LogP contribution in [0.4, 0.5) is 5.82 Å². The number of ether oxygens (including phenoxy) is 3. The highest BCUT2D eigenvalue weighted by Crippen LogP contribution is 2.44. The number of aromatic nitrogens is 7. The number of rotatable bonds is 7. The summed E-state index contributed by atoms with van der Waals surface area (Å²) in [6.07, 6.45) is 1.33. The molecule has 0 bridgehead atoms. The summed E-state index contributed by atoms with van der Waals surface area (Å²) >= 11 is 0. The summed E-state index contributed by atoms with van der Waals surface area (Å²) < 4.78 is 25.5. The molecule has 4 aromatic rings. The fourth-order valence-corrected chi connectivity index (χ4v) is 4.63. The van der Waals surface area contributed by atoms with E-state index in [-0.39, 0.29) is 23.4 Å². The molecular weight excluding hydrogens is 494 g/mol. The molecule has 14 nitrogen and oxygen atoms in total. The number of carbonyl (C=O) groups excluding carboxylic acids is 1. The Bertz CT molecular complexity index is 1470. The maximum absolute atomic E-state index is 12.6. The number of pyridine rings is 1. The molecule has 2 saturated heterocycles. The van der Waals surface area contributed by atoms with Crippen LogP contribution in [-0.4, -0.2) is 78.2 Å². The van der Waals surface area contributed by atoms with Crippen LogP contribution in [0.5, 0.6) is 0 Å². The summed E-state index contributed by atoms with van der Waals surface area (Å²) in [6, 6.07) is 5.40. The van der Waals surface area contributed by atoms with Gasteiger partial charge in [0.05, 0.1) is 6.33 Å². The Labute approximate surface area is 217 Å². The van der Waals surface area contributed by atoms with Crippen molar-refractivity contribution >= 4 is 22.9 Å². The third-order valence-corrected chi connectivity index (χ3v) is 6.28. The van der Waals surface area contributed by atoms with Crippen molar-refractivity contribution in [3.8, 4) is 23.2 Å². The van der Waals surface area contributed by atoms with Crippen LogP contribution in [0.1, 0.15) is 33.4 Å². The van der Waals surface area contributed by atoms with Gasteiger partial charge in [-0.1, -0.05) is 18.1 Å². The number of hydrogen-bond acceptors (Lipinski definition) is 12. The molecule has 4 atom stereocenters. The first-order chi connectivity index (χ1) is 18.4. The molecule has 0 radical (unpaired) electrons. The van der Waals surface area contributed by atoms with E-state index in [1.807, 2.05) is 13.0 Å². The second kappa shape index (κ2) is 9.38. The van der Waals surface area contributed by atoms with E-state index in [1.165, 1.54) is 0 Å². The Morgan fingerprint density at radius 3 is 2.71 bits per heavy atom. The van der Waals surface area contributed by atoms with E-state index in [4.69, 9.17) is 23.7 Å². The second-order valence-electron chi connectivity index (χ2n) is 9.41. The van der Waals surface area contributed by atoms with Crippen LogP contribution >= 0.6 is 0 Å². The van der Waals surface area contributed by atoms with Crippen molar-refractivity contribution in [3.63, 3.8) is 0 Å². The largest absolute Gasteiger partial charge is 0.368 e. The van der Waals surface area contributed by atoms with Gasteiger partial charge in [0.2, 0.25) is 11.6 Å². The van der Waals surface area contributed by atoms with Gasteiger partial charge in [-0.05, 0) is 32.4 Å². The molecule has 198 valence electrons. The smallest absolute Gasteiger partial charge is 0.276 e. The molecule has 2 aliphatic rings. The van der Waals surface area contributed by atoms with Crippen LogP contribution in [0.3, 0.4) is 0 Å². The van der Waals surface area contributed by atoms with Gasteiger partial charge in [0.1, 0.15) is 17.9 Å². The first-order valence-corrected chi connectivity index (χ1v) is 12.3. The van der Waals surface area contributed by atoms with Crippen molar-refractivity contribution in [1.29, 1.82) is 0 Å². The second-order valence-corrected chi connectivity index (χ2v) is 9.41. The molecule has 0 aromatic carbocycles. The molecule has 38 heavy (non-hydrogen) atoms. The lowest BCUT2D eigenvalue weighted by atomic mass is 10.1. The lowest BCUT2D eigenvalue weighted by Crippen LogP contribution is -2.41. The van der Waals surface area contributed by atoms with Crippen LogP contribution in [0.25, 0.3) is 34.4 Å². The van der Waals surface area contributed by atoms with Crippen molar-refractivity contribution in [2.75, 3.05) is 18.9 Å². The van der Waals surface area contributed by atoms with Gasteiger partial charge >= 0.3 is 0 Å². The molecule has 14 heteroatoms. The van der Waals surface area contributed by atoms with Gasteiger partial charge in [0.25, 0.3) is 11.8 Å². The molecule has 1 amide bonds. The van der Waals surface area contributed by atoms with Gasteiger partial charge in [-0.2, -0.15) is 4.98 Å². The monoisotopic (exact) mass is 521 g/mol. The van der Waals surface area contributed by atoms with Crippen molar-refractivity contribution in [1.82, 2.24) is 40.0 Å². The Balaban J connectivity index is 1.43. The summed E-state index contributed by atoms with van der Waals surface area (Å²) in [7, 11) is 1.55. The molecule has 6 heterocycles. The van der Waals surface area contributed by atoms with E-state index in [0.29, 0.717) is 29.2 Å². The average Bonchev–Trinajstić information content (AvgIpc) is 3.69. The molecule has 4 aromatic heterocycles. The first kappa shape index (κ1) is 24.3. The average molecular weight is 522 g/mol. The zero-order valence-corrected chi connectivity index (χ0v) is 21.3. The van der Waals surface area contributed by atoms with E-state index in [9.17, 15) is 4.79 Å². The minimum Gasteiger partial charge on any atom is -0.368 e. The Morgan fingerprint density at radius 1 is 1.11 bits per heavy atom. The van der Waals surface area contributed by atoms with Gasteiger partial charge in [0, 0.05) is 19.8 Å². The quantitative estimate of drug-likeness (QED) is 0.364. The van der Waals surface area contributed by atoms with E-state index >= 15 is 0 Å². The molecule has 0 aliphatic carbocycles. The van der Waals surface area contributed by atoms with Crippen LogP contribution in [0, 0.1) is 0 Å². The molecule has 6 rings (SSSR count). The van der Waals surface area contributed by atoms with Crippen LogP contribution in [-0.2, 0) is 19.0 Å². The summed E-state index contributed by atoms with van der Waals surface area (Å²) in [5.41, 5.74) is 1.51. The molecule has 2 aliphatic heterocycles. The summed E-state index contributed by atoms with van der Waals surface area (Å²) in [4.78, 5) is 35.3. The number of anilines is 1. The molecule has 2 fully saturated rings. The molecular formula is C24H27N9O5. The number of imidazole rings is 1. The topological polar surface area (TPSA) is 164 Å². The number of amides is 1. The zero-order valence-electron chi connectivity index (χ0n) is 21.3. The number of likely N-dealkylation sites (N-methyl/N-ethyl adjacent to an activating group) is 1. The molecule has 2 N–H and O–H groups in total. The van der Waals surface area contributed by atoms with Gasteiger partial charge < -0.3 is 29.4 Å². The normalized spacial score (nSPS) is 24.0. The van der Waals surface area contributed by atoms with E-state index in [2.05, 4.69) is 35.7 Å². The third-order valence-electron chi connectivity index (χ3n) is 6.28. The van der Waals surface area contributed by atoms with Crippen LogP contribution in [0.2, 0.25) is 0 Å². The number of nitrogens with zero attached hydrogens (tertiary/aromatic N) is 7. The van der Waals surface area contributed by atoms with Gasteiger partial charge in [-0.15, -0.1) is 0 Å². The van der Waals surface area contributed by atoms with Crippen molar-refractivity contribution in [3.05, 3.63) is 30.7 Å². The number of carbonyl (C=O) groups is 1. The fourth-order valence-electron chi connectivity index (χ4n) is 4.63. The number of hydrogen-bond donors (Lipinski definition) is 2. The fraction of sp³-hybridized carbons (Fsp3) is 0.458. The maximum Gasteiger partial charge on any atom is 0.276 e. The SMILES string of the molecule is CCCNc1nc(-c2noc(-c3ccccn3)n2)nc2c1ncn2[C@@H]1O[C@H](C(=O)NC)[C@H]2OC(C)(C)O[C@H]21. The standard InChI is InChI=1S/C24H27N9O5/c1-5-9-27-17-13-20(30-18(29-17)19-31-22(38-32-19)12-8-6-7-10-26-12)33(11-28-13)23-16-14(36-24(2,3)37-16)15(35-23)21(34)25-4/h6-8,10-11,14-16,23H,5,9H2,1-4H3,(H,25,34)(H,27,29,30)/t14-,15+,16-,23-/m1/s1. The Hall–Kier alpha value is -4.01. The summed E-state index contributed by atoms with van der Waals surface area (Å²) in [5.74, 6) is -0.0191. The summed E-state index contributed by atoms with van der Waals surface area (Å²) in [5, 5.41) is 10.0. The lowest BCUT2D eigenvalue weighted by molar-refractivity contribution is -0.197. The van der Waals surface area contributed by atoms with Crippen molar-refractivity contribution in [2.45, 2.75) is 57.5 Å². The highest BCUT2D eigenvalue weighted by Gasteiger charge is 2.58. The van der Waals surface area contributed by atoms with Crippen molar-refractivity contribution < 1.29 is 23.5 Å². The third kappa shape index (κ3) is 4.15. The van der Waals surface area contributed by atoms with Crippen LogP contribution in [0.15, 0.2) is 35.2 Å². The Morgan fingerprint density at radius 2 is 1.95 bits per heavy atom. The summed E-state index contributed by atoms with van der Waals surface area (Å²) in [6.45, 7) is 6.32. The highest BCUT2D eigenvalue weighted by molar-refractivity contribution is 5.85. The number of nitrogens with one attached hydrogen (secondary N) is 2. The maximum atomic E-state index is 12.6. The zero-order chi connectivity index (χ0) is 26.4. The highest BCUT2D eigenvalue weighted by atomic mass is 16.8. The van der Waals surface area contributed by atoms with Gasteiger partial charge in [0.15, 0.2) is 35.1 Å². The molecule has 0 spiro atoms. The molecule has 0 unspecified atom stereocenters. The van der Waals surface area contributed by atoms with Crippen molar-refractivity contribution in [2.24, 2.45) is 0 Å². The predicted octanol–water partition coefficient (Wildman–Crippen LogP) is 1.92. The number of fused-ring (bicyclic) bond motifs is 2. The van der Waals surface area contributed by atoms with Gasteiger partial charge in [-0.3, -0.25) is 14.3 Å². The minimum atomic E-state index is -0.888. The van der Waals surface area contributed by atoms with Gasteiger partial charge in [-0.25, -0.2) is 15.0 Å². The van der Waals surface area contributed by atoms with E-state index in [1.54, 1.807) is 50.1 Å². The molecule has 0 saturated carbocycles. The van der Waals surface area contributed by atoms with E-state index in [0.717, 1.165) is 6.42 Å². The predicted molar refractivity (Wildman–Crippen MR) is 132 cm³/mol. The van der Waals surface area contributed by atoms with E-state index < -0.39 is 30.3 Å². The minimum absolute atomic E-state index is 0.190. The van der Waals surface area contributed by atoms with Crippen LogP contribution < -0.4 is 10.6 Å². The first-order valence-electron chi connectivity index (χ1n) is 12.3. The lowest BCUT2D eigenvalue weighted by Gasteiger charge is -2.24. The Kier molecular flexibility index (Phi) is 6.01.